The van der Waals surface area contributed by atoms with Crippen LogP contribution < -0.4 is 20.7 Å². The van der Waals surface area contributed by atoms with Gasteiger partial charge in [0.25, 0.3) is 11.7 Å². The van der Waals surface area contributed by atoms with Crippen LogP contribution in [0.1, 0.15) is 23.5 Å². The van der Waals surface area contributed by atoms with Gasteiger partial charge < -0.3 is 20.7 Å². The highest BCUT2D eigenvalue weighted by atomic mass is 32.2. The van der Waals surface area contributed by atoms with Crippen LogP contribution in [0.2, 0.25) is 0 Å². The number of hydrogen-bond acceptors (Lipinski definition) is 11. The van der Waals surface area contributed by atoms with Gasteiger partial charge in [0.05, 0.1) is 10.6 Å². The topological polar surface area (TPSA) is 135 Å². The maximum atomic E-state index is 12.4. The summed E-state index contributed by atoms with van der Waals surface area (Å²) in [5.74, 6) is 1.10. The number of rotatable bonds is 10. The summed E-state index contributed by atoms with van der Waals surface area (Å²) in [6.45, 7) is 5.22. The Bertz CT molecular complexity index is 1280. The van der Waals surface area contributed by atoms with E-state index in [1.807, 2.05) is 25.3 Å². The fourth-order valence-electron chi connectivity index (χ4n) is 2.89. The normalized spacial score (nSPS) is 10.8. The number of hydrogen-bond donors (Lipinski definition) is 3. The summed E-state index contributed by atoms with van der Waals surface area (Å²) < 4.78 is 7.06. The Morgan fingerprint density at radius 3 is 2.56 bits per heavy atom. The zero-order valence-corrected chi connectivity index (χ0v) is 20.1. The van der Waals surface area contributed by atoms with Crippen LogP contribution in [0.3, 0.4) is 0 Å². The molecule has 176 valence electrons. The molecule has 0 fully saturated rings. The highest BCUT2D eigenvalue weighted by molar-refractivity contribution is 7.99. The zero-order valence-electron chi connectivity index (χ0n) is 18.4. The van der Waals surface area contributed by atoms with Gasteiger partial charge in [-0.05, 0) is 49.6 Å². The van der Waals surface area contributed by atoms with Gasteiger partial charge in [-0.25, -0.2) is 4.40 Å². The molecular formula is C21H22N8O3S2. The Kier molecular flexibility index (Phi) is 7.54. The van der Waals surface area contributed by atoms with Crippen LogP contribution in [0, 0.1) is 0 Å². The molecule has 0 aliphatic carbocycles. The first-order valence-corrected chi connectivity index (χ1v) is 12.3. The molecule has 13 heteroatoms. The fourth-order valence-corrected chi connectivity index (χ4v) is 4.21. The van der Waals surface area contributed by atoms with E-state index < -0.39 is 5.97 Å². The number of nitrogens with one attached hydrogen (secondary N) is 3. The van der Waals surface area contributed by atoms with Gasteiger partial charge in [-0.15, -0.1) is 21.5 Å². The van der Waals surface area contributed by atoms with E-state index in [1.54, 1.807) is 34.7 Å². The lowest BCUT2D eigenvalue weighted by atomic mass is 10.3. The summed E-state index contributed by atoms with van der Waals surface area (Å²) in [5.41, 5.74) is 0.607. The van der Waals surface area contributed by atoms with Crippen molar-refractivity contribution >= 4 is 58.3 Å². The van der Waals surface area contributed by atoms with Crippen LogP contribution in [0.5, 0.6) is 5.75 Å². The number of carbonyl (C=O) groups excluding carboxylic acids is 2. The predicted octanol–water partition coefficient (Wildman–Crippen LogP) is 3.39. The molecule has 0 bridgehead atoms. The van der Waals surface area contributed by atoms with Crippen LogP contribution in [0.15, 0.2) is 46.9 Å². The van der Waals surface area contributed by atoms with Gasteiger partial charge in [0.1, 0.15) is 5.75 Å². The Hall–Kier alpha value is -3.71. The van der Waals surface area contributed by atoms with Crippen molar-refractivity contribution in [1.29, 1.82) is 0 Å². The Morgan fingerprint density at radius 2 is 1.85 bits per heavy atom. The van der Waals surface area contributed by atoms with Crippen molar-refractivity contribution in [2.24, 2.45) is 0 Å². The minimum atomic E-state index is -0.452. The Morgan fingerprint density at radius 1 is 1.06 bits per heavy atom. The maximum Gasteiger partial charge on any atom is 0.321 e. The number of ether oxygens (including phenoxy) is 1. The van der Waals surface area contributed by atoms with Gasteiger partial charge in [0.15, 0.2) is 5.16 Å². The van der Waals surface area contributed by atoms with E-state index >= 15 is 0 Å². The van der Waals surface area contributed by atoms with Crippen molar-refractivity contribution < 1.29 is 14.3 Å². The van der Waals surface area contributed by atoms with Crippen LogP contribution in [-0.4, -0.2) is 55.3 Å². The molecule has 11 nitrogen and oxygen atoms in total. The summed E-state index contributed by atoms with van der Waals surface area (Å²) in [4.78, 5) is 33.9. The van der Waals surface area contributed by atoms with Gasteiger partial charge >= 0.3 is 5.97 Å². The molecule has 4 aromatic rings. The van der Waals surface area contributed by atoms with Crippen LogP contribution >= 0.6 is 23.1 Å². The molecule has 0 unspecified atom stereocenters. The molecule has 3 aromatic heterocycles. The van der Waals surface area contributed by atoms with Gasteiger partial charge in [0.2, 0.25) is 11.9 Å². The lowest BCUT2D eigenvalue weighted by Gasteiger charge is -2.09. The van der Waals surface area contributed by atoms with Crippen LogP contribution in [-0.2, 0) is 4.79 Å². The number of benzene rings is 1. The van der Waals surface area contributed by atoms with Gasteiger partial charge in [-0.2, -0.15) is 9.97 Å². The van der Waals surface area contributed by atoms with Crippen molar-refractivity contribution in [1.82, 2.24) is 24.6 Å². The summed E-state index contributed by atoms with van der Waals surface area (Å²) >= 11 is 2.53. The first-order chi connectivity index (χ1) is 16.6. The molecule has 3 N–H and O–H groups in total. The number of thiophene rings is 1. The average Bonchev–Trinajstić information content (AvgIpc) is 3.50. The largest absolute Gasteiger partial charge is 0.426 e. The van der Waals surface area contributed by atoms with E-state index in [9.17, 15) is 9.59 Å². The predicted molar refractivity (Wildman–Crippen MR) is 132 cm³/mol. The molecule has 4 rings (SSSR count). The minimum Gasteiger partial charge on any atom is -0.426 e. The smallest absolute Gasteiger partial charge is 0.321 e. The van der Waals surface area contributed by atoms with E-state index in [0.29, 0.717) is 52.2 Å². The molecule has 0 atom stereocenters. The first-order valence-electron chi connectivity index (χ1n) is 10.5. The van der Waals surface area contributed by atoms with E-state index in [0.717, 1.165) is 0 Å². The summed E-state index contributed by atoms with van der Waals surface area (Å²) in [5, 5.41) is 19.6. The lowest BCUT2D eigenvalue weighted by Crippen LogP contribution is -2.13. The van der Waals surface area contributed by atoms with Crippen molar-refractivity contribution in [3.63, 3.8) is 0 Å². The molecular weight excluding hydrogens is 476 g/mol. The summed E-state index contributed by atoms with van der Waals surface area (Å²) in [6, 6.07) is 10.2. The standard InChI is InChI=1S/C21H22N8O3S2/c1-3-22-18-25-19(23-4-2)29-20(26-18)27-28-21(29)34-12-16(30)32-14-9-7-13(8-10-14)24-17(31)15-6-5-11-33-15/h5-11H,3-4,12H2,1-2H3,(H,24,31)(H2,22,23,25,26,27). The summed E-state index contributed by atoms with van der Waals surface area (Å²) in [6.07, 6.45) is 0. The molecule has 1 amide bonds. The number of anilines is 3. The third kappa shape index (κ3) is 5.61. The van der Waals surface area contributed by atoms with E-state index in [-0.39, 0.29) is 11.7 Å². The van der Waals surface area contributed by atoms with Gasteiger partial charge in [0, 0.05) is 18.8 Å². The van der Waals surface area contributed by atoms with Crippen molar-refractivity contribution in [3.8, 4) is 5.75 Å². The monoisotopic (exact) mass is 498 g/mol. The summed E-state index contributed by atoms with van der Waals surface area (Å²) in [7, 11) is 0. The SMILES string of the molecule is CCNc1nc(NCC)n2c(SCC(=O)Oc3ccc(NC(=O)c4cccs4)cc3)nnc2n1. The number of carbonyl (C=O) groups is 2. The Balaban J connectivity index is 1.37. The van der Waals surface area contributed by atoms with Crippen molar-refractivity contribution in [3.05, 3.63) is 46.7 Å². The molecule has 1 aromatic carbocycles. The number of fused-ring (bicyclic) bond motifs is 1. The number of thioether (sulfide) groups is 1. The average molecular weight is 499 g/mol. The molecule has 0 saturated heterocycles. The first kappa shape index (κ1) is 23.4. The van der Waals surface area contributed by atoms with E-state index in [4.69, 9.17) is 4.74 Å². The third-order valence-electron chi connectivity index (χ3n) is 4.32. The lowest BCUT2D eigenvalue weighted by molar-refractivity contribution is -0.131. The molecule has 0 radical (unpaired) electrons. The second-order valence-electron chi connectivity index (χ2n) is 6.77. The fraction of sp³-hybridized carbons (Fsp3) is 0.238. The molecule has 0 spiro atoms. The molecule has 0 aliphatic rings. The van der Waals surface area contributed by atoms with Gasteiger partial charge in [-0.3, -0.25) is 9.59 Å². The molecule has 3 heterocycles. The number of esters is 1. The highest BCUT2D eigenvalue weighted by Crippen LogP contribution is 2.22. The quantitative estimate of drug-likeness (QED) is 0.170. The van der Waals surface area contributed by atoms with Gasteiger partial charge in [-0.1, -0.05) is 17.8 Å². The van der Waals surface area contributed by atoms with Crippen LogP contribution in [0.25, 0.3) is 5.78 Å². The van der Waals surface area contributed by atoms with E-state index in [1.165, 1.54) is 23.1 Å². The highest BCUT2D eigenvalue weighted by Gasteiger charge is 2.16. The third-order valence-corrected chi connectivity index (χ3v) is 6.09. The second kappa shape index (κ2) is 10.9. The minimum absolute atomic E-state index is 0.0121. The zero-order chi connectivity index (χ0) is 23.9. The molecule has 0 saturated carbocycles. The number of aromatic nitrogens is 5. The molecule has 0 aliphatic heterocycles. The second-order valence-corrected chi connectivity index (χ2v) is 8.66. The maximum absolute atomic E-state index is 12.4. The Labute approximate surface area is 203 Å². The molecule has 34 heavy (non-hydrogen) atoms. The van der Waals surface area contributed by atoms with Crippen LogP contribution in [0.4, 0.5) is 17.6 Å². The number of amides is 1. The van der Waals surface area contributed by atoms with Crippen molar-refractivity contribution in [2.75, 3.05) is 34.8 Å². The van der Waals surface area contributed by atoms with E-state index in [2.05, 4.69) is 36.1 Å². The number of nitrogens with zero attached hydrogens (tertiary/aromatic N) is 5. The van der Waals surface area contributed by atoms with Crippen molar-refractivity contribution in [2.45, 2.75) is 19.0 Å².